The highest BCUT2D eigenvalue weighted by Crippen LogP contribution is 2.29. The summed E-state index contributed by atoms with van der Waals surface area (Å²) < 4.78 is 6.40. The van der Waals surface area contributed by atoms with Crippen molar-refractivity contribution in [2.75, 3.05) is 12.4 Å². The van der Waals surface area contributed by atoms with Crippen molar-refractivity contribution in [2.45, 2.75) is 39.2 Å². The molecule has 2 rings (SSSR count). The third-order valence-corrected chi connectivity index (χ3v) is 4.00. The summed E-state index contributed by atoms with van der Waals surface area (Å²) >= 11 is 1.69. The van der Waals surface area contributed by atoms with E-state index in [0.29, 0.717) is 6.04 Å². The van der Waals surface area contributed by atoms with Gasteiger partial charge < -0.3 is 10.1 Å². The summed E-state index contributed by atoms with van der Waals surface area (Å²) in [6.07, 6.45) is 3.52. The molecule has 0 fully saturated rings. The summed E-state index contributed by atoms with van der Waals surface area (Å²) in [5.74, 6) is 0.887. The average molecular weight is 264 g/mol. The van der Waals surface area contributed by atoms with Crippen LogP contribution in [-0.2, 0) is 0 Å². The molecule has 0 saturated heterocycles. The molecular weight excluding hydrogens is 244 g/mol. The van der Waals surface area contributed by atoms with Crippen molar-refractivity contribution in [3.8, 4) is 5.75 Å². The van der Waals surface area contributed by atoms with Crippen LogP contribution in [0.1, 0.15) is 33.1 Å². The number of fused-ring (bicyclic) bond motifs is 1. The Hall–Kier alpha value is -1.29. The lowest BCUT2D eigenvalue weighted by Crippen LogP contribution is -2.17. The summed E-state index contributed by atoms with van der Waals surface area (Å²) in [5.41, 5.74) is 1.04. The molecule has 0 aliphatic rings. The van der Waals surface area contributed by atoms with Crippen LogP contribution in [0.4, 0.5) is 5.13 Å². The lowest BCUT2D eigenvalue weighted by atomic mass is 10.1. The van der Waals surface area contributed by atoms with E-state index in [1.54, 1.807) is 18.4 Å². The van der Waals surface area contributed by atoms with Crippen LogP contribution in [0.2, 0.25) is 0 Å². The second-order valence-corrected chi connectivity index (χ2v) is 5.42. The Labute approximate surface area is 112 Å². The zero-order valence-electron chi connectivity index (χ0n) is 11.2. The number of aromatic nitrogens is 1. The molecule has 1 aromatic heterocycles. The van der Waals surface area contributed by atoms with Gasteiger partial charge in [-0.2, -0.15) is 0 Å². The third kappa shape index (κ3) is 2.93. The van der Waals surface area contributed by atoms with Crippen LogP contribution in [0.3, 0.4) is 0 Å². The molecule has 0 radical (unpaired) electrons. The van der Waals surface area contributed by atoms with Gasteiger partial charge in [0.15, 0.2) is 5.13 Å². The molecule has 2 aromatic rings. The Balaban J connectivity index is 2.18. The summed E-state index contributed by atoms with van der Waals surface area (Å²) in [5, 5.41) is 4.54. The summed E-state index contributed by atoms with van der Waals surface area (Å²) in [6.45, 7) is 4.43. The normalized spacial score (nSPS) is 12.6. The van der Waals surface area contributed by atoms with Crippen LogP contribution >= 0.6 is 11.3 Å². The Bertz CT molecular complexity index is 509. The van der Waals surface area contributed by atoms with Crippen molar-refractivity contribution in [2.24, 2.45) is 0 Å². The van der Waals surface area contributed by atoms with E-state index in [-0.39, 0.29) is 0 Å². The minimum atomic E-state index is 0.525. The number of anilines is 1. The first-order valence-corrected chi connectivity index (χ1v) is 7.29. The van der Waals surface area contributed by atoms with Gasteiger partial charge in [-0.05, 0) is 31.0 Å². The van der Waals surface area contributed by atoms with E-state index in [1.807, 2.05) is 18.2 Å². The third-order valence-electron chi connectivity index (χ3n) is 3.05. The number of hydrogen-bond acceptors (Lipinski definition) is 4. The molecule has 1 heterocycles. The van der Waals surface area contributed by atoms with Crippen molar-refractivity contribution in [3.63, 3.8) is 0 Å². The fourth-order valence-corrected chi connectivity index (χ4v) is 2.97. The number of ether oxygens (including phenoxy) is 1. The maximum absolute atomic E-state index is 5.23. The van der Waals surface area contributed by atoms with Crippen molar-refractivity contribution < 1.29 is 4.74 Å². The monoisotopic (exact) mass is 264 g/mol. The van der Waals surface area contributed by atoms with Crippen LogP contribution in [0.25, 0.3) is 10.2 Å². The molecule has 3 nitrogen and oxygen atoms in total. The molecule has 1 aromatic carbocycles. The first kappa shape index (κ1) is 13.1. The van der Waals surface area contributed by atoms with Crippen molar-refractivity contribution in [1.29, 1.82) is 0 Å². The number of hydrogen-bond donors (Lipinski definition) is 1. The van der Waals surface area contributed by atoms with Gasteiger partial charge in [-0.25, -0.2) is 4.98 Å². The van der Waals surface area contributed by atoms with Gasteiger partial charge in [0, 0.05) is 6.04 Å². The molecule has 0 bridgehead atoms. The zero-order chi connectivity index (χ0) is 13.0. The van der Waals surface area contributed by atoms with Crippen LogP contribution in [0, 0.1) is 0 Å². The van der Waals surface area contributed by atoms with Crippen LogP contribution < -0.4 is 10.1 Å². The number of methoxy groups -OCH3 is 1. The highest BCUT2D eigenvalue weighted by atomic mass is 32.1. The molecule has 18 heavy (non-hydrogen) atoms. The molecule has 1 N–H and O–H groups in total. The van der Waals surface area contributed by atoms with E-state index in [1.165, 1.54) is 17.5 Å². The minimum absolute atomic E-state index is 0.525. The van der Waals surface area contributed by atoms with Gasteiger partial charge in [-0.15, -0.1) is 0 Å². The van der Waals surface area contributed by atoms with E-state index in [0.717, 1.165) is 22.8 Å². The van der Waals surface area contributed by atoms with Gasteiger partial charge in [0.05, 0.1) is 17.3 Å². The Morgan fingerprint density at radius 3 is 2.89 bits per heavy atom. The molecule has 1 atom stereocenters. The zero-order valence-corrected chi connectivity index (χ0v) is 12.0. The Morgan fingerprint density at radius 1 is 1.39 bits per heavy atom. The maximum atomic E-state index is 5.23. The summed E-state index contributed by atoms with van der Waals surface area (Å²) in [7, 11) is 1.69. The highest BCUT2D eigenvalue weighted by molar-refractivity contribution is 7.22. The van der Waals surface area contributed by atoms with Crippen molar-refractivity contribution in [1.82, 2.24) is 4.98 Å². The fourth-order valence-electron chi connectivity index (χ4n) is 2.00. The predicted molar refractivity (Wildman–Crippen MR) is 78.8 cm³/mol. The molecular formula is C14H20N2OS. The number of rotatable bonds is 6. The molecule has 4 heteroatoms. The average Bonchev–Trinajstić information content (AvgIpc) is 2.79. The summed E-state index contributed by atoms with van der Waals surface area (Å²) in [4.78, 5) is 4.61. The van der Waals surface area contributed by atoms with E-state index in [9.17, 15) is 0 Å². The van der Waals surface area contributed by atoms with Gasteiger partial charge in [0.1, 0.15) is 5.75 Å². The van der Waals surface area contributed by atoms with E-state index in [4.69, 9.17) is 4.74 Å². The first-order chi connectivity index (χ1) is 8.76. The largest absolute Gasteiger partial charge is 0.497 e. The standard InChI is InChI=1S/C14H20N2OS/c1-4-6-10(5-2)15-14-16-12-8-7-11(17-3)9-13(12)18-14/h7-10H,4-6H2,1-3H3,(H,15,16). The highest BCUT2D eigenvalue weighted by Gasteiger charge is 2.09. The lowest BCUT2D eigenvalue weighted by molar-refractivity contribution is 0.415. The first-order valence-electron chi connectivity index (χ1n) is 6.48. The van der Waals surface area contributed by atoms with Gasteiger partial charge in [0.2, 0.25) is 0 Å². The van der Waals surface area contributed by atoms with E-state index in [2.05, 4.69) is 24.1 Å². The molecule has 0 amide bonds. The minimum Gasteiger partial charge on any atom is -0.497 e. The van der Waals surface area contributed by atoms with Crippen LogP contribution in [0.15, 0.2) is 18.2 Å². The number of thiazole rings is 1. The van der Waals surface area contributed by atoms with Crippen LogP contribution in [0.5, 0.6) is 5.75 Å². The quantitative estimate of drug-likeness (QED) is 0.845. The smallest absolute Gasteiger partial charge is 0.184 e. The second-order valence-electron chi connectivity index (χ2n) is 4.39. The predicted octanol–water partition coefficient (Wildman–Crippen LogP) is 4.30. The van der Waals surface area contributed by atoms with Crippen LogP contribution in [-0.4, -0.2) is 18.1 Å². The molecule has 0 aliphatic heterocycles. The molecule has 0 aliphatic carbocycles. The summed E-state index contributed by atoms with van der Waals surface area (Å²) in [6, 6.07) is 6.53. The van der Waals surface area contributed by atoms with Crippen molar-refractivity contribution in [3.05, 3.63) is 18.2 Å². The number of benzene rings is 1. The fraction of sp³-hybridized carbons (Fsp3) is 0.500. The molecule has 1 unspecified atom stereocenters. The van der Waals surface area contributed by atoms with E-state index >= 15 is 0 Å². The van der Waals surface area contributed by atoms with Crippen molar-refractivity contribution >= 4 is 26.7 Å². The molecule has 98 valence electrons. The van der Waals surface area contributed by atoms with Gasteiger partial charge in [-0.3, -0.25) is 0 Å². The maximum Gasteiger partial charge on any atom is 0.184 e. The lowest BCUT2D eigenvalue weighted by Gasteiger charge is -2.14. The Morgan fingerprint density at radius 2 is 2.22 bits per heavy atom. The molecule has 0 spiro atoms. The number of nitrogens with zero attached hydrogens (tertiary/aromatic N) is 1. The molecule has 0 saturated carbocycles. The number of nitrogens with one attached hydrogen (secondary N) is 1. The Kier molecular flexibility index (Phi) is 4.42. The van der Waals surface area contributed by atoms with Gasteiger partial charge in [-0.1, -0.05) is 31.6 Å². The van der Waals surface area contributed by atoms with Gasteiger partial charge >= 0.3 is 0 Å². The SMILES string of the molecule is CCCC(CC)Nc1nc2ccc(OC)cc2s1. The topological polar surface area (TPSA) is 34.2 Å². The second kappa shape index (κ2) is 6.05. The van der Waals surface area contributed by atoms with Gasteiger partial charge in [0.25, 0.3) is 0 Å². The van der Waals surface area contributed by atoms with E-state index < -0.39 is 0 Å².